The number of amides is 1. The molecule has 1 aliphatic heterocycles. The molecule has 1 heterocycles. The molecule has 0 aliphatic carbocycles. The first kappa shape index (κ1) is 24.0. The van der Waals surface area contributed by atoms with Crippen LogP contribution in [0.15, 0.2) is 47.4 Å². The van der Waals surface area contributed by atoms with Crippen LogP contribution in [-0.2, 0) is 26.2 Å². The van der Waals surface area contributed by atoms with Crippen molar-refractivity contribution in [3.05, 3.63) is 53.8 Å². The molecule has 2 aromatic carbocycles. The summed E-state index contributed by atoms with van der Waals surface area (Å²) < 4.78 is 55.5. The summed E-state index contributed by atoms with van der Waals surface area (Å²) in [5.41, 5.74) is 0.525. The Morgan fingerprint density at radius 3 is 2.59 bits per heavy atom. The number of para-hydroxylation sites is 1. The van der Waals surface area contributed by atoms with Gasteiger partial charge >= 0.3 is 10.1 Å². The maximum absolute atomic E-state index is 14.0. The molecule has 0 spiro atoms. The van der Waals surface area contributed by atoms with Crippen LogP contribution in [0.3, 0.4) is 0 Å². The fourth-order valence-corrected chi connectivity index (χ4v) is 4.50. The highest BCUT2D eigenvalue weighted by molar-refractivity contribution is 7.87. The fraction of sp³-hybridized carbons (Fsp3) is 0.435. The molecule has 174 valence electrons. The zero-order chi connectivity index (χ0) is 23.3. The van der Waals surface area contributed by atoms with Crippen LogP contribution in [0.1, 0.15) is 32.3 Å². The zero-order valence-corrected chi connectivity index (χ0v) is 19.2. The normalized spacial score (nSPS) is 16.2. The van der Waals surface area contributed by atoms with Gasteiger partial charge in [-0.15, -0.1) is 0 Å². The summed E-state index contributed by atoms with van der Waals surface area (Å²) in [5, 5.41) is 0. The molecule has 1 saturated heterocycles. The van der Waals surface area contributed by atoms with Crippen LogP contribution >= 0.6 is 0 Å². The lowest BCUT2D eigenvalue weighted by molar-refractivity contribution is -0.136. The van der Waals surface area contributed by atoms with Crippen molar-refractivity contribution in [2.24, 2.45) is 5.92 Å². The number of ether oxygens (including phenoxy) is 2. The summed E-state index contributed by atoms with van der Waals surface area (Å²) >= 11 is 0. The first-order valence-corrected chi connectivity index (χ1v) is 11.9. The van der Waals surface area contributed by atoms with E-state index in [9.17, 15) is 17.6 Å². The monoisotopic (exact) mass is 465 g/mol. The minimum Gasteiger partial charge on any atom is -0.494 e. The van der Waals surface area contributed by atoms with E-state index in [1.54, 1.807) is 23.1 Å². The molecule has 1 aliphatic rings. The Balaban J connectivity index is 1.85. The third-order valence-corrected chi connectivity index (χ3v) is 6.43. The molecule has 3 rings (SSSR count). The first-order valence-electron chi connectivity index (χ1n) is 10.5. The number of rotatable bonds is 9. The number of benzene rings is 2. The van der Waals surface area contributed by atoms with Crippen molar-refractivity contribution in [3.63, 3.8) is 0 Å². The van der Waals surface area contributed by atoms with Gasteiger partial charge < -0.3 is 18.6 Å². The SMILES string of the molecule is COc1ccc(S(=O)(=O)Oc2ccccc2CN(C[C@@H]2CCCO2)C(=O)C(C)C)cc1F. The standard InChI is InChI=1S/C23H28FNO6S/c1-16(2)23(26)25(15-18-8-6-12-30-18)14-17-7-4-5-9-21(17)31-32(27,28)19-10-11-22(29-3)20(24)13-19/h4-5,7,9-11,13,16,18H,6,8,12,14-15H2,1-3H3/t18-/m0/s1. The maximum Gasteiger partial charge on any atom is 0.339 e. The first-order chi connectivity index (χ1) is 15.2. The van der Waals surface area contributed by atoms with Gasteiger partial charge in [-0.1, -0.05) is 32.0 Å². The summed E-state index contributed by atoms with van der Waals surface area (Å²) in [4.78, 5) is 14.1. The summed E-state index contributed by atoms with van der Waals surface area (Å²) in [7, 11) is -3.01. The van der Waals surface area contributed by atoms with Crippen molar-refractivity contribution in [2.45, 2.75) is 44.2 Å². The molecule has 1 atom stereocenters. The van der Waals surface area contributed by atoms with Crippen LogP contribution in [0.5, 0.6) is 11.5 Å². The third-order valence-electron chi connectivity index (χ3n) is 5.20. The van der Waals surface area contributed by atoms with E-state index in [-0.39, 0.29) is 40.9 Å². The highest BCUT2D eigenvalue weighted by Crippen LogP contribution is 2.27. The molecule has 2 aromatic rings. The molecular weight excluding hydrogens is 437 g/mol. The molecule has 7 nitrogen and oxygen atoms in total. The second kappa shape index (κ2) is 10.3. The Morgan fingerprint density at radius 1 is 1.22 bits per heavy atom. The van der Waals surface area contributed by atoms with E-state index >= 15 is 0 Å². The van der Waals surface area contributed by atoms with Gasteiger partial charge in [0.15, 0.2) is 11.6 Å². The van der Waals surface area contributed by atoms with Crippen LogP contribution in [0.25, 0.3) is 0 Å². The lowest BCUT2D eigenvalue weighted by atomic mass is 10.1. The molecule has 1 fully saturated rings. The zero-order valence-electron chi connectivity index (χ0n) is 18.4. The van der Waals surface area contributed by atoms with Gasteiger partial charge in [-0.05, 0) is 37.1 Å². The largest absolute Gasteiger partial charge is 0.494 e. The van der Waals surface area contributed by atoms with E-state index in [4.69, 9.17) is 13.7 Å². The fourth-order valence-electron chi connectivity index (χ4n) is 3.52. The lowest BCUT2D eigenvalue weighted by Gasteiger charge is -2.28. The molecule has 9 heteroatoms. The third kappa shape index (κ3) is 5.77. The molecule has 0 unspecified atom stereocenters. The molecule has 0 radical (unpaired) electrons. The van der Waals surface area contributed by atoms with Crippen LogP contribution < -0.4 is 8.92 Å². The lowest BCUT2D eigenvalue weighted by Crippen LogP contribution is -2.39. The Bertz CT molecular complexity index is 1050. The summed E-state index contributed by atoms with van der Waals surface area (Å²) in [6, 6.07) is 9.88. The average molecular weight is 466 g/mol. The van der Waals surface area contributed by atoms with Crippen molar-refractivity contribution in [3.8, 4) is 11.5 Å². The van der Waals surface area contributed by atoms with Crippen LogP contribution in [0.4, 0.5) is 4.39 Å². The maximum atomic E-state index is 14.0. The smallest absolute Gasteiger partial charge is 0.339 e. The van der Waals surface area contributed by atoms with Gasteiger partial charge in [0.2, 0.25) is 5.91 Å². The number of methoxy groups -OCH3 is 1. The molecular formula is C23H28FNO6S. The Hall–Kier alpha value is -2.65. The average Bonchev–Trinajstić information content (AvgIpc) is 3.27. The molecule has 1 amide bonds. The molecule has 0 aromatic heterocycles. The highest BCUT2D eigenvalue weighted by atomic mass is 32.2. The number of nitrogens with zero attached hydrogens (tertiary/aromatic N) is 1. The Labute approximate surface area is 188 Å². The predicted octanol–water partition coefficient (Wildman–Crippen LogP) is 3.77. The molecule has 32 heavy (non-hydrogen) atoms. The van der Waals surface area contributed by atoms with E-state index in [0.29, 0.717) is 18.7 Å². The molecule has 0 N–H and O–H groups in total. The van der Waals surface area contributed by atoms with Gasteiger partial charge in [0.1, 0.15) is 10.6 Å². The van der Waals surface area contributed by atoms with Crippen molar-refractivity contribution in [1.82, 2.24) is 4.90 Å². The van der Waals surface area contributed by atoms with Gasteiger partial charge in [0, 0.05) is 31.2 Å². The Morgan fingerprint density at radius 2 is 1.97 bits per heavy atom. The van der Waals surface area contributed by atoms with Gasteiger partial charge in [-0.3, -0.25) is 4.79 Å². The quantitative estimate of drug-likeness (QED) is 0.525. The highest BCUT2D eigenvalue weighted by Gasteiger charge is 2.26. The van der Waals surface area contributed by atoms with Gasteiger partial charge in [-0.25, -0.2) is 4.39 Å². The second-order valence-electron chi connectivity index (χ2n) is 7.95. The Kier molecular flexibility index (Phi) is 7.73. The summed E-state index contributed by atoms with van der Waals surface area (Å²) in [5.74, 6) is -1.08. The summed E-state index contributed by atoms with van der Waals surface area (Å²) in [6.45, 7) is 4.89. The van der Waals surface area contributed by atoms with E-state index in [1.807, 2.05) is 13.8 Å². The topological polar surface area (TPSA) is 82.1 Å². The minimum atomic E-state index is -4.30. The predicted molar refractivity (Wildman–Crippen MR) is 116 cm³/mol. The van der Waals surface area contributed by atoms with E-state index in [0.717, 1.165) is 18.9 Å². The van der Waals surface area contributed by atoms with Crippen LogP contribution in [0, 0.1) is 11.7 Å². The number of hydrogen-bond acceptors (Lipinski definition) is 6. The van der Waals surface area contributed by atoms with E-state index in [2.05, 4.69) is 0 Å². The summed E-state index contributed by atoms with van der Waals surface area (Å²) in [6.07, 6.45) is 1.78. The van der Waals surface area contributed by atoms with Crippen LogP contribution in [-0.4, -0.2) is 45.6 Å². The van der Waals surface area contributed by atoms with E-state index in [1.165, 1.54) is 25.3 Å². The number of carbonyl (C=O) groups excluding carboxylic acids is 1. The van der Waals surface area contributed by atoms with Crippen molar-refractivity contribution in [1.29, 1.82) is 0 Å². The van der Waals surface area contributed by atoms with Gasteiger partial charge in [-0.2, -0.15) is 8.42 Å². The minimum absolute atomic E-state index is 0.0446. The van der Waals surface area contributed by atoms with Crippen LogP contribution in [0.2, 0.25) is 0 Å². The molecule has 0 saturated carbocycles. The van der Waals surface area contributed by atoms with E-state index < -0.39 is 15.9 Å². The van der Waals surface area contributed by atoms with Crippen molar-refractivity contribution in [2.75, 3.05) is 20.3 Å². The van der Waals surface area contributed by atoms with Gasteiger partial charge in [0.05, 0.1) is 13.2 Å². The number of hydrogen-bond donors (Lipinski definition) is 0. The van der Waals surface area contributed by atoms with Gasteiger partial charge in [0.25, 0.3) is 0 Å². The van der Waals surface area contributed by atoms with Crippen molar-refractivity contribution >= 4 is 16.0 Å². The second-order valence-corrected chi connectivity index (χ2v) is 9.50. The molecule has 0 bridgehead atoms. The number of carbonyl (C=O) groups is 1. The number of halogens is 1. The van der Waals surface area contributed by atoms with Crippen molar-refractivity contribution < 1.29 is 31.3 Å².